The number of carbonyl (C=O) groups is 1. The van der Waals surface area contributed by atoms with Crippen LogP contribution in [0.1, 0.15) is 29.6 Å². The molecule has 5 heteroatoms. The summed E-state index contributed by atoms with van der Waals surface area (Å²) in [5.74, 6) is -1.96. The number of likely N-dealkylation sites (N-methyl/N-ethyl adjacent to an activating group) is 1. The second-order valence-electron chi connectivity index (χ2n) is 4.86. The Bertz CT molecular complexity index is 464. The first-order chi connectivity index (χ1) is 9.09. The topological polar surface area (TPSA) is 49.8 Å². The maximum Gasteiger partial charge on any atom is 0.342 e. The highest BCUT2D eigenvalue weighted by molar-refractivity contribution is 5.91. The predicted molar refractivity (Wildman–Crippen MR) is 69.1 cm³/mol. The summed E-state index contributed by atoms with van der Waals surface area (Å²) in [6, 6.07) is 4.35. The van der Waals surface area contributed by atoms with Gasteiger partial charge in [0.2, 0.25) is 0 Å². The number of hydrogen-bond acceptors (Lipinski definition) is 3. The summed E-state index contributed by atoms with van der Waals surface area (Å²) < 4.78 is 19.0. The Balaban J connectivity index is 2.07. The Kier molecular flexibility index (Phi) is 4.37. The second-order valence-corrected chi connectivity index (χ2v) is 4.86. The monoisotopic (exact) mass is 267 g/mol. The summed E-state index contributed by atoms with van der Waals surface area (Å²) in [4.78, 5) is 13.2. The molecule has 0 saturated carbocycles. The number of nitrogens with zero attached hydrogens (tertiary/aromatic N) is 1. The fraction of sp³-hybridized carbons (Fsp3) is 0.500. The van der Waals surface area contributed by atoms with Gasteiger partial charge < -0.3 is 14.7 Å². The average Bonchev–Trinajstić information content (AvgIpc) is 2.37. The number of hydrogen-bond donors (Lipinski definition) is 1. The Morgan fingerprint density at radius 2 is 2.32 bits per heavy atom. The fourth-order valence-electron chi connectivity index (χ4n) is 2.37. The average molecular weight is 267 g/mol. The number of aromatic carboxylic acids is 1. The molecular weight excluding hydrogens is 249 g/mol. The fourth-order valence-corrected chi connectivity index (χ4v) is 2.37. The van der Waals surface area contributed by atoms with E-state index >= 15 is 0 Å². The number of piperidine rings is 1. The molecule has 0 spiro atoms. The van der Waals surface area contributed by atoms with Gasteiger partial charge in [0, 0.05) is 6.04 Å². The van der Waals surface area contributed by atoms with Crippen LogP contribution >= 0.6 is 0 Å². The third kappa shape index (κ3) is 3.23. The molecule has 1 unspecified atom stereocenters. The molecule has 0 amide bonds. The highest BCUT2D eigenvalue weighted by Gasteiger charge is 2.22. The highest BCUT2D eigenvalue weighted by atomic mass is 19.1. The molecule has 1 heterocycles. The molecule has 1 fully saturated rings. The summed E-state index contributed by atoms with van der Waals surface area (Å²) in [5.41, 5.74) is -0.388. The van der Waals surface area contributed by atoms with Gasteiger partial charge in [0.1, 0.15) is 23.7 Å². The van der Waals surface area contributed by atoms with Gasteiger partial charge in [-0.15, -0.1) is 0 Å². The van der Waals surface area contributed by atoms with Crippen LogP contribution in [0.5, 0.6) is 5.75 Å². The number of carboxylic acid groups (broad SMARTS) is 1. The molecule has 1 atom stereocenters. The molecular formula is C14H18FNO3. The quantitative estimate of drug-likeness (QED) is 0.910. The van der Waals surface area contributed by atoms with Gasteiger partial charge in [-0.3, -0.25) is 0 Å². The van der Waals surface area contributed by atoms with E-state index in [2.05, 4.69) is 4.90 Å². The van der Waals surface area contributed by atoms with Crippen LogP contribution in [0.4, 0.5) is 4.39 Å². The van der Waals surface area contributed by atoms with Gasteiger partial charge in [0.15, 0.2) is 0 Å². The first kappa shape index (κ1) is 13.8. The molecule has 4 nitrogen and oxygen atoms in total. The minimum Gasteiger partial charge on any atom is -0.491 e. The summed E-state index contributed by atoms with van der Waals surface area (Å²) in [6.45, 7) is 1.41. The van der Waals surface area contributed by atoms with Crippen molar-refractivity contribution in [3.05, 3.63) is 29.6 Å². The number of likely N-dealkylation sites (tertiary alicyclic amines) is 1. The standard InChI is InChI=1S/C14H18FNO3/c1-16-8-3-2-5-10(16)9-19-12-7-4-6-11(15)13(12)14(17)18/h4,6-7,10H,2-3,5,8-9H2,1H3,(H,17,18). The minimum atomic E-state index is -1.30. The molecule has 0 aromatic heterocycles. The van der Waals surface area contributed by atoms with E-state index in [1.807, 2.05) is 7.05 Å². The lowest BCUT2D eigenvalue weighted by molar-refractivity contribution is 0.0682. The molecule has 1 aromatic carbocycles. The van der Waals surface area contributed by atoms with Crippen LogP contribution in [0.15, 0.2) is 18.2 Å². The van der Waals surface area contributed by atoms with Gasteiger partial charge in [-0.05, 0) is 38.6 Å². The van der Waals surface area contributed by atoms with Crippen molar-refractivity contribution in [2.45, 2.75) is 25.3 Å². The van der Waals surface area contributed by atoms with Crippen molar-refractivity contribution in [2.24, 2.45) is 0 Å². The molecule has 1 aliphatic rings. The van der Waals surface area contributed by atoms with Crippen molar-refractivity contribution in [3.63, 3.8) is 0 Å². The van der Waals surface area contributed by atoms with Gasteiger partial charge in [-0.1, -0.05) is 12.5 Å². The van der Waals surface area contributed by atoms with Crippen LogP contribution in [0.3, 0.4) is 0 Å². The summed E-state index contributed by atoms with van der Waals surface area (Å²) in [7, 11) is 2.02. The largest absolute Gasteiger partial charge is 0.491 e. The van der Waals surface area contributed by atoms with E-state index in [-0.39, 0.29) is 17.4 Å². The zero-order valence-corrected chi connectivity index (χ0v) is 10.9. The number of halogens is 1. The third-order valence-corrected chi connectivity index (χ3v) is 3.54. The number of benzene rings is 1. The van der Waals surface area contributed by atoms with Crippen LogP contribution in [0.25, 0.3) is 0 Å². The smallest absolute Gasteiger partial charge is 0.342 e. The van der Waals surface area contributed by atoms with Gasteiger partial charge in [0.05, 0.1) is 0 Å². The predicted octanol–water partition coefficient (Wildman–Crippen LogP) is 2.39. The molecule has 0 radical (unpaired) electrons. The lowest BCUT2D eigenvalue weighted by atomic mass is 10.0. The maximum absolute atomic E-state index is 13.5. The molecule has 104 valence electrons. The molecule has 0 bridgehead atoms. The van der Waals surface area contributed by atoms with E-state index in [0.717, 1.165) is 25.5 Å². The van der Waals surface area contributed by atoms with Gasteiger partial charge >= 0.3 is 5.97 Å². The Morgan fingerprint density at radius 3 is 3.00 bits per heavy atom. The van der Waals surface area contributed by atoms with Gasteiger partial charge in [-0.25, -0.2) is 9.18 Å². The van der Waals surface area contributed by atoms with E-state index < -0.39 is 11.8 Å². The molecule has 2 rings (SSSR count). The summed E-state index contributed by atoms with van der Waals surface area (Å²) in [5, 5.41) is 9.01. The van der Waals surface area contributed by atoms with Crippen LogP contribution in [0, 0.1) is 5.82 Å². The molecule has 19 heavy (non-hydrogen) atoms. The molecule has 1 aliphatic heterocycles. The van der Waals surface area contributed by atoms with Crippen molar-refractivity contribution >= 4 is 5.97 Å². The van der Waals surface area contributed by atoms with E-state index in [9.17, 15) is 9.18 Å². The first-order valence-electron chi connectivity index (χ1n) is 6.44. The lowest BCUT2D eigenvalue weighted by Gasteiger charge is -2.32. The molecule has 0 aliphatic carbocycles. The second kappa shape index (κ2) is 6.02. The maximum atomic E-state index is 13.5. The SMILES string of the molecule is CN1CCCCC1COc1cccc(F)c1C(=O)O. The Labute approximate surface area is 111 Å². The van der Waals surface area contributed by atoms with E-state index in [1.165, 1.54) is 18.6 Å². The van der Waals surface area contributed by atoms with Crippen molar-refractivity contribution in [3.8, 4) is 5.75 Å². The number of rotatable bonds is 4. The van der Waals surface area contributed by atoms with E-state index in [1.54, 1.807) is 0 Å². The van der Waals surface area contributed by atoms with Crippen LogP contribution in [0.2, 0.25) is 0 Å². The van der Waals surface area contributed by atoms with Gasteiger partial charge in [-0.2, -0.15) is 0 Å². The zero-order chi connectivity index (χ0) is 13.8. The van der Waals surface area contributed by atoms with E-state index in [0.29, 0.717) is 6.61 Å². The van der Waals surface area contributed by atoms with Crippen molar-refractivity contribution < 1.29 is 19.0 Å². The normalized spacial score (nSPS) is 20.2. The zero-order valence-electron chi connectivity index (χ0n) is 10.9. The summed E-state index contributed by atoms with van der Waals surface area (Å²) >= 11 is 0. The Hall–Kier alpha value is -1.62. The van der Waals surface area contributed by atoms with Gasteiger partial charge in [0.25, 0.3) is 0 Å². The number of ether oxygens (including phenoxy) is 1. The third-order valence-electron chi connectivity index (χ3n) is 3.54. The van der Waals surface area contributed by atoms with Crippen LogP contribution in [-0.4, -0.2) is 42.2 Å². The Morgan fingerprint density at radius 1 is 1.53 bits per heavy atom. The van der Waals surface area contributed by atoms with Crippen LogP contribution < -0.4 is 4.74 Å². The van der Waals surface area contributed by atoms with Crippen molar-refractivity contribution in [1.29, 1.82) is 0 Å². The van der Waals surface area contributed by atoms with Crippen LogP contribution in [-0.2, 0) is 0 Å². The molecule has 1 N–H and O–H groups in total. The molecule has 1 saturated heterocycles. The highest BCUT2D eigenvalue weighted by Crippen LogP contribution is 2.23. The minimum absolute atomic E-state index is 0.103. The first-order valence-corrected chi connectivity index (χ1v) is 6.44. The number of carboxylic acids is 1. The van der Waals surface area contributed by atoms with E-state index in [4.69, 9.17) is 9.84 Å². The lowest BCUT2D eigenvalue weighted by Crippen LogP contribution is -2.40. The van der Waals surface area contributed by atoms with Crippen molar-refractivity contribution in [2.75, 3.05) is 20.2 Å². The van der Waals surface area contributed by atoms with Crippen molar-refractivity contribution in [1.82, 2.24) is 4.90 Å². The molecule has 1 aromatic rings. The summed E-state index contributed by atoms with van der Waals surface area (Å²) in [6.07, 6.45) is 3.34.